The Kier molecular flexibility index (Phi) is 4.66. The number of hydrogen-bond acceptors (Lipinski definition) is 5. The lowest BCUT2D eigenvalue weighted by atomic mass is 10.0. The summed E-state index contributed by atoms with van der Waals surface area (Å²) in [6, 6.07) is 10.7. The molecule has 0 aliphatic carbocycles. The fraction of sp³-hybridized carbons (Fsp3) is 0.100. The van der Waals surface area contributed by atoms with Gasteiger partial charge < -0.3 is 14.6 Å². The number of allylic oxidation sites excluding steroid dienone is 1. The van der Waals surface area contributed by atoms with Crippen LogP contribution in [0.15, 0.2) is 54.9 Å². The number of benzene rings is 2. The number of fused-ring (bicyclic) bond motifs is 1. The van der Waals surface area contributed by atoms with Crippen molar-refractivity contribution in [3.63, 3.8) is 0 Å². The zero-order valence-electron chi connectivity index (χ0n) is 13.9. The molecule has 5 nitrogen and oxygen atoms in total. The first-order valence-electron chi connectivity index (χ1n) is 7.63. The summed E-state index contributed by atoms with van der Waals surface area (Å²) < 4.78 is 10.3. The monoisotopic (exact) mass is 335 g/mol. The van der Waals surface area contributed by atoms with Gasteiger partial charge in [0.05, 0.1) is 14.2 Å². The Morgan fingerprint density at radius 3 is 2.68 bits per heavy atom. The van der Waals surface area contributed by atoms with Gasteiger partial charge in [-0.1, -0.05) is 18.2 Å². The highest BCUT2D eigenvalue weighted by atomic mass is 16.5. The van der Waals surface area contributed by atoms with Gasteiger partial charge in [-0.15, -0.1) is 0 Å². The normalized spacial score (nSPS) is 11.0. The van der Waals surface area contributed by atoms with E-state index in [9.17, 15) is 9.90 Å². The fourth-order valence-corrected chi connectivity index (χ4v) is 2.56. The average Bonchev–Trinajstić information content (AvgIpc) is 2.65. The third-order valence-electron chi connectivity index (χ3n) is 3.85. The van der Waals surface area contributed by atoms with Crippen LogP contribution in [-0.4, -0.2) is 30.1 Å². The van der Waals surface area contributed by atoms with Crippen molar-refractivity contribution in [3.05, 3.63) is 66.0 Å². The van der Waals surface area contributed by atoms with Gasteiger partial charge in [-0.3, -0.25) is 9.78 Å². The van der Waals surface area contributed by atoms with Crippen LogP contribution in [0.25, 0.3) is 16.8 Å². The minimum absolute atomic E-state index is 0.101. The van der Waals surface area contributed by atoms with Crippen LogP contribution < -0.4 is 9.47 Å². The number of ether oxygens (including phenoxy) is 2. The highest BCUT2D eigenvalue weighted by Gasteiger charge is 2.17. The number of carbonyl (C=O) groups excluding carboxylic acids is 1. The van der Waals surface area contributed by atoms with E-state index in [0.29, 0.717) is 5.75 Å². The molecule has 1 heterocycles. The van der Waals surface area contributed by atoms with Crippen molar-refractivity contribution < 1.29 is 19.4 Å². The molecule has 0 aliphatic rings. The van der Waals surface area contributed by atoms with Gasteiger partial charge in [0.1, 0.15) is 22.8 Å². The lowest BCUT2D eigenvalue weighted by Gasteiger charge is -2.10. The van der Waals surface area contributed by atoms with Crippen molar-refractivity contribution in [2.24, 2.45) is 0 Å². The largest absolute Gasteiger partial charge is 0.507 e. The molecule has 25 heavy (non-hydrogen) atoms. The lowest BCUT2D eigenvalue weighted by molar-refractivity contribution is 0.104. The molecule has 3 rings (SSSR count). The minimum Gasteiger partial charge on any atom is -0.507 e. The van der Waals surface area contributed by atoms with Crippen LogP contribution in [0.5, 0.6) is 17.2 Å². The summed E-state index contributed by atoms with van der Waals surface area (Å²) in [5.41, 5.74) is 0.976. The van der Waals surface area contributed by atoms with E-state index < -0.39 is 0 Å². The number of phenolic OH excluding ortho intramolecular Hbond substituents is 1. The van der Waals surface area contributed by atoms with Crippen molar-refractivity contribution in [1.29, 1.82) is 0 Å². The van der Waals surface area contributed by atoms with Crippen molar-refractivity contribution >= 4 is 22.6 Å². The first kappa shape index (κ1) is 16.5. The third-order valence-corrected chi connectivity index (χ3v) is 3.85. The van der Waals surface area contributed by atoms with Crippen molar-refractivity contribution in [3.8, 4) is 17.2 Å². The SMILES string of the molecule is COc1cc(O)c(C(=O)/C=C/c2ccc3cnccc3c2)c(OC)c1. The maximum absolute atomic E-state index is 12.5. The summed E-state index contributed by atoms with van der Waals surface area (Å²) in [5, 5.41) is 12.2. The van der Waals surface area contributed by atoms with Gasteiger partial charge in [-0.2, -0.15) is 0 Å². The molecule has 0 saturated carbocycles. The number of nitrogens with zero attached hydrogens (tertiary/aromatic N) is 1. The standard InChI is InChI=1S/C20H17NO4/c1-24-16-10-18(23)20(19(11-16)25-2)17(22)6-4-13-3-5-15-12-21-8-7-14(15)9-13/h3-12,23H,1-2H3/b6-4+. The summed E-state index contributed by atoms with van der Waals surface area (Å²) in [6.45, 7) is 0. The first-order valence-corrected chi connectivity index (χ1v) is 7.63. The molecule has 0 radical (unpaired) electrons. The van der Waals surface area contributed by atoms with E-state index >= 15 is 0 Å². The average molecular weight is 335 g/mol. The van der Waals surface area contributed by atoms with E-state index in [4.69, 9.17) is 9.47 Å². The van der Waals surface area contributed by atoms with E-state index in [1.807, 2.05) is 24.3 Å². The van der Waals surface area contributed by atoms with E-state index in [2.05, 4.69) is 4.98 Å². The highest BCUT2D eigenvalue weighted by molar-refractivity contribution is 6.10. The van der Waals surface area contributed by atoms with Gasteiger partial charge in [0.25, 0.3) is 0 Å². The Balaban J connectivity index is 1.91. The summed E-state index contributed by atoms with van der Waals surface area (Å²) in [6.07, 6.45) is 6.62. The summed E-state index contributed by atoms with van der Waals surface area (Å²) in [4.78, 5) is 16.6. The van der Waals surface area contributed by atoms with E-state index in [1.54, 1.807) is 24.5 Å². The number of hydrogen-bond donors (Lipinski definition) is 1. The minimum atomic E-state index is -0.355. The molecule has 1 aromatic heterocycles. The third kappa shape index (κ3) is 3.45. The van der Waals surface area contributed by atoms with Crippen LogP contribution in [0, 0.1) is 0 Å². The summed E-state index contributed by atoms with van der Waals surface area (Å²) in [7, 11) is 2.91. The number of carbonyl (C=O) groups is 1. The van der Waals surface area contributed by atoms with Gasteiger partial charge in [-0.05, 0) is 29.2 Å². The molecule has 126 valence electrons. The zero-order valence-corrected chi connectivity index (χ0v) is 13.9. The number of ketones is 1. The quantitative estimate of drug-likeness (QED) is 0.566. The molecular weight excluding hydrogens is 318 g/mol. The number of aromatic hydroxyl groups is 1. The van der Waals surface area contributed by atoms with Crippen molar-refractivity contribution in [2.45, 2.75) is 0 Å². The highest BCUT2D eigenvalue weighted by Crippen LogP contribution is 2.33. The molecular formula is C20H17NO4. The Morgan fingerprint density at radius 1 is 1.08 bits per heavy atom. The van der Waals surface area contributed by atoms with Gasteiger partial charge in [0.2, 0.25) is 0 Å². The van der Waals surface area contributed by atoms with Gasteiger partial charge >= 0.3 is 0 Å². The van der Waals surface area contributed by atoms with Crippen LogP contribution in [0.4, 0.5) is 0 Å². The van der Waals surface area contributed by atoms with E-state index in [0.717, 1.165) is 16.3 Å². The summed E-state index contributed by atoms with van der Waals surface area (Å²) >= 11 is 0. The van der Waals surface area contributed by atoms with Crippen molar-refractivity contribution in [2.75, 3.05) is 14.2 Å². The Hall–Kier alpha value is -3.34. The predicted molar refractivity (Wildman–Crippen MR) is 96.3 cm³/mol. The maximum atomic E-state index is 12.5. The molecule has 0 aliphatic heterocycles. The number of aromatic nitrogens is 1. The predicted octanol–water partition coefficient (Wildman–Crippen LogP) is 3.85. The molecule has 0 atom stereocenters. The number of phenols is 1. The molecule has 0 unspecified atom stereocenters. The van der Waals surface area contributed by atoms with E-state index in [-0.39, 0.29) is 22.8 Å². The van der Waals surface area contributed by atoms with Gasteiger partial charge in [0, 0.05) is 29.9 Å². The topological polar surface area (TPSA) is 68.7 Å². The second kappa shape index (κ2) is 7.05. The van der Waals surface area contributed by atoms with E-state index in [1.165, 1.54) is 26.4 Å². The van der Waals surface area contributed by atoms with Crippen LogP contribution in [0.1, 0.15) is 15.9 Å². The van der Waals surface area contributed by atoms with Crippen LogP contribution >= 0.6 is 0 Å². The molecule has 2 aromatic carbocycles. The van der Waals surface area contributed by atoms with Gasteiger partial charge in [0.15, 0.2) is 5.78 Å². The molecule has 0 saturated heterocycles. The first-order chi connectivity index (χ1) is 12.1. The molecule has 1 N–H and O–H groups in total. The molecule has 0 spiro atoms. The second-order valence-corrected chi connectivity index (χ2v) is 5.40. The molecule has 5 heteroatoms. The fourth-order valence-electron chi connectivity index (χ4n) is 2.56. The summed E-state index contributed by atoms with van der Waals surface area (Å²) in [5.74, 6) is 0.136. The zero-order chi connectivity index (χ0) is 17.8. The second-order valence-electron chi connectivity index (χ2n) is 5.40. The lowest BCUT2D eigenvalue weighted by Crippen LogP contribution is -2.00. The Morgan fingerprint density at radius 2 is 1.92 bits per heavy atom. The Bertz CT molecular complexity index is 963. The van der Waals surface area contributed by atoms with Crippen molar-refractivity contribution in [1.82, 2.24) is 4.98 Å². The van der Waals surface area contributed by atoms with Crippen LogP contribution in [0.3, 0.4) is 0 Å². The molecule has 0 bridgehead atoms. The maximum Gasteiger partial charge on any atom is 0.193 e. The molecule has 0 amide bonds. The number of pyridine rings is 1. The smallest absolute Gasteiger partial charge is 0.193 e. The van der Waals surface area contributed by atoms with Crippen LogP contribution in [0.2, 0.25) is 0 Å². The number of rotatable bonds is 5. The number of methoxy groups -OCH3 is 2. The van der Waals surface area contributed by atoms with Crippen LogP contribution in [-0.2, 0) is 0 Å². The molecule has 0 fully saturated rings. The van der Waals surface area contributed by atoms with Gasteiger partial charge in [-0.25, -0.2) is 0 Å². The Labute approximate surface area is 145 Å². The molecule has 3 aromatic rings.